The number of amides is 1. The number of carbonyl (C=O) groups excluding carboxylic acids is 1. The van der Waals surface area contributed by atoms with Crippen molar-refractivity contribution in [3.05, 3.63) is 36.5 Å². The third-order valence-electron chi connectivity index (χ3n) is 16.7. The SMILES string of the molecule is CCCCCCCCCC/C=C\CCCCCCCCCCCCCCCCCCCC(=O)NC(COC1OC(CO)C(O)C(O)C1O)C(O)/C=C/CC/C=C/CCCCCCCCCCCCCCCCCCCCCCC. The lowest BCUT2D eigenvalue weighted by molar-refractivity contribution is -0.302. The Morgan fingerprint density at radius 3 is 1.06 bits per heavy atom. The van der Waals surface area contributed by atoms with Crippen LogP contribution in [0, 0.1) is 0 Å². The van der Waals surface area contributed by atoms with Gasteiger partial charge in [0, 0.05) is 6.42 Å². The van der Waals surface area contributed by atoms with Gasteiger partial charge in [-0.05, 0) is 57.8 Å². The Bertz CT molecular complexity index is 1340. The highest BCUT2D eigenvalue weighted by Crippen LogP contribution is 2.23. The number of allylic oxidation sites excluding steroid dienone is 5. The summed E-state index contributed by atoms with van der Waals surface area (Å²) in [4.78, 5) is 13.1. The van der Waals surface area contributed by atoms with Crippen LogP contribution < -0.4 is 5.32 Å². The number of hydrogen-bond donors (Lipinski definition) is 6. The van der Waals surface area contributed by atoms with E-state index >= 15 is 0 Å². The van der Waals surface area contributed by atoms with Gasteiger partial charge in [-0.25, -0.2) is 0 Å². The highest BCUT2D eigenvalue weighted by Gasteiger charge is 2.44. The maximum Gasteiger partial charge on any atom is 0.220 e. The third-order valence-corrected chi connectivity index (χ3v) is 16.7. The van der Waals surface area contributed by atoms with Gasteiger partial charge in [-0.1, -0.05) is 320 Å². The molecule has 0 aromatic heterocycles. The number of aliphatic hydroxyl groups is 5. The topological polar surface area (TPSA) is 149 Å². The van der Waals surface area contributed by atoms with Crippen LogP contribution in [0.3, 0.4) is 0 Å². The fraction of sp³-hybridized carbons (Fsp3) is 0.900. The van der Waals surface area contributed by atoms with Crippen molar-refractivity contribution in [2.45, 2.75) is 391 Å². The summed E-state index contributed by atoms with van der Waals surface area (Å²) in [6.07, 6.45) is 72.5. The van der Waals surface area contributed by atoms with E-state index in [1.54, 1.807) is 6.08 Å². The molecule has 0 aliphatic carbocycles. The van der Waals surface area contributed by atoms with Crippen molar-refractivity contribution in [2.24, 2.45) is 0 Å². The smallest absolute Gasteiger partial charge is 0.220 e. The number of aliphatic hydroxyl groups excluding tert-OH is 5. The van der Waals surface area contributed by atoms with Gasteiger partial charge < -0.3 is 40.3 Å². The molecule has 9 heteroatoms. The molecule has 1 saturated heterocycles. The van der Waals surface area contributed by atoms with Crippen LogP contribution >= 0.6 is 0 Å². The minimum Gasteiger partial charge on any atom is -0.394 e. The van der Waals surface area contributed by atoms with E-state index in [2.05, 4.69) is 43.5 Å². The minimum absolute atomic E-state index is 0.180. The predicted octanol–water partition coefficient (Wildman–Crippen LogP) is 18.6. The Labute approximate surface area is 489 Å². The maximum atomic E-state index is 13.1. The molecule has 0 radical (unpaired) electrons. The van der Waals surface area contributed by atoms with Crippen molar-refractivity contribution < 1.29 is 39.8 Å². The normalized spacial score (nSPS) is 18.7. The Morgan fingerprint density at radius 1 is 0.418 bits per heavy atom. The van der Waals surface area contributed by atoms with Gasteiger partial charge in [0.2, 0.25) is 5.91 Å². The lowest BCUT2D eigenvalue weighted by Crippen LogP contribution is -2.60. The van der Waals surface area contributed by atoms with Gasteiger partial charge >= 0.3 is 0 Å². The Morgan fingerprint density at radius 2 is 0.722 bits per heavy atom. The molecular weight excluding hydrogens is 983 g/mol. The van der Waals surface area contributed by atoms with Gasteiger partial charge in [-0.15, -0.1) is 0 Å². The molecule has 1 aliphatic rings. The zero-order valence-corrected chi connectivity index (χ0v) is 52.2. The molecular formula is C70H133NO8. The summed E-state index contributed by atoms with van der Waals surface area (Å²) in [5, 5.41) is 54.7. The van der Waals surface area contributed by atoms with Crippen molar-refractivity contribution in [2.75, 3.05) is 13.2 Å². The molecule has 6 N–H and O–H groups in total. The summed E-state index contributed by atoms with van der Waals surface area (Å²) in [6, 6.07) is -0.822. The Balaban J connectivity index is 2.15. The van der Waals surface area contributed by atoms with Crippen LogP contribution in [0.2, 0.25) is 0 Å². The summed E-state index contributed by atoms with van der Waals surface area (Å²) in [5.41, 5.74) is 0. The minimum atomic E-state index is -1.57. The monoisotopic (exact) mass is 1120 g/mol. The molecule has 0 aromatic rings. The van der Waals surface area contributed by atoms with E-state index in [1.807, 2.05) is 6.08 Å². The van der Waals surface area contributed by atoms with Gasteiger partial charge in [0.05, 0.1) is 25.4 Å². The van der Waals surface area contributed by atoms with Crippen molar-refractivity contribution in [1.82, 2.24) is 5.32 Å². The molecule has 9 nitrogen and oxygen atoms in total. The van der Waals surface area contributed by atoms with E-state index in [-0.39, 0.29) is 12.5 Å². The van der Waals surface area contributed by atoms with E-state index in [9.17, 15) is 30.3 Å². The quantitative estimate of drug-likeness (QED) is 0.0261. The second-order valence-corrected chi connectivity index (χ2v) is 24.3. The number of carbonyl (C=O) groups is 1. The van der Waals surface area contributed by atoms with Gasteiger partial charge in [-0.3, -0.25) is 4.79 Å². The zero-order chi connectivity index (χ0) is 57.2. The van der Waals surface area contributed by atoms with Crippen molar-refractivity contribution in [1.29, 1.82) is 0 Å². The average molecular weight is 1120 g/mol. The molecule has 1 fully saturated rings. The second kappa shape index (κ2) is 59.6. The molecule has 1 rings (SSSR count). The number of nitrogens with one attached hydrogen (secondary N) is 1. The fourth-order valence-corrected chi connectivity index (χ4v) is 11.2. The van der Waals surface area contributed by atoms with E-state index in [4.69, 9.17) is 9.47 Å². The Kier molecular flexibility index (Phi) is 56.9. The first-order valence-electron chi connectivity index (χ1n) is 34.7. The first-order valence-corrected chi connectivity index (χ1v) is 34.7. The lowest BCUT2D eigenvalue weighted by Gasteiger charge is -2.40. The summed E-state index contributed by atoms with van der Waals surface area (Å²) in [5.74, 6) is -0.180. The van der Waals surface area contributed by atoms with E-state index in [1.165, 1.54) is 289 Å². The van der Waals surface area contributed by atoms with Crippen LogP contribution in [0.4, 0.5) is 0 Å². The van der Waals surface area contributed by atoms with Crippen molar-refractivity contribution in [3.8, 4) is 0 Å². The van der Waals surface area contributed by atoms with E-state index < -0.39 is 49.5 Å². The van der Waals surface area contributed by atoms with Crippen LogP contribution in [0.1, 0.15) is 348 Å². The first kappa shape index (κ1) is 75.4. The largest absolute Gasteiger partial charge is 0.394 e. The summed E-state index contributed by atoms with van der Waals surface area (Å²) in [7, 11) is 0. The van der Waals surface area contributed by atoms with Gasteiger partial charge in [-0.2, -0.15) is 0 Å². The highest BCUT2D eigenvalue weighted by molar-refractivity contribution is 5.76. The molecule has 7 atom stereocenters. The van der Waals surface area contributed by atoms with Crippen LogP contribution in [-0.4, -0.2) is 87.5 Å². The van der Waals surface area contributed by atoms with Crippen LogP contribution in [0.25, 0.3) is 0 Å². The Hall–Kier alpha value is -1.59. The standard InChI is InChI=1S/C70H133NO8/c1-3-5-7-9-11-13-15-17-19-21-23-25-27-29-31-32-34-36-38-40-42-44-46-48-50-52-54-56-58-60-66(74)71-63(62-78-70-69(77)68(76)67(75)65(61-72)79-70)64(73)59-57-55-53-51-49-47-45-43-41-39-37-35-33-30-28-26-24-22-20-18-16-14-12-10-8-6-4-2/h21,23,49,51,57,59,63-65,67-70,72-73,75-77H,3-20,22,24-48,50,52-56,58,60-62H2,1-2H3,(H,71,74)/b23-21-,51-49+,59-57+. The van der Waals surface area contributed by atoms with Crippen molar-refractivity contribution >= 4 is 5.91 Å². The first-order chi connectivity index (χ1) is 38.8. The zero-order valence-electron chi connectivity index (χ0n) is 52.2. The molecule has 0 bridgehead atoms. The van der Waals surface area contributed by atoms with Gasteiger partial charge in [0.1, 0.15) is 24.4 Å². The van der Waals surface area contributed by atoms with Gasteiger partial charge in [0.15, 0.2) is 6.29 Å². The summed E-state index contributed by atoms with van der Waals surface area (Å²) < 4.78 is 11.3. The number of ether oxygens (including phenoxy) is 2. The molecule has 79 heavy (non-hydrogen) atoms. The molecule has 1 amide bonds. The third kappa shape index (κ3) is 48.5. The molecule has 1 aliphatic heterocycles. The van der Waals surface area contributed by atoms with Crippen LogP contribution in [0.15, 0.2) is 36.5 Å². The molecule has 0 saturated carbocycles. The molecule has 466 valence electrons. The number of unbranched alkanes of at least 4 members (excludes halogenated alkanes) is 47. The van der Waals surface area contributed by atoms with Gasteiger partial charge in [0.25, 0.3) is 0 Å². The maximum absolute atomic E-state index is 13.1. The number of rotatable bonds is 61. The van der Waals surface area contributed by atoms with Crippen molar-refractivity contribution in [3.63, 3.8) is 0 Å². The molecule has 7 unspecified atom stereocenters. The summed E-state index contributed by atoms with van der Waals surface area (Å²) >= 11 is 0. The fourth-order valence-electron chi connectivity index (χ4n) is 11.2. The molecule has 0 spiro atoms. The molecule has 1 heterocycles. The van der Waals surface area contributed by atoms with E-state index in [0.717, 1.165) is 38.5 Å². The average Bonchev–Trinajstić information content (AvgIpc) is 3.47. The van der Waals surface area contributed by atoms with Crippen LogP contribution in [0.5, 0.6) is 0 Å². The summed E-state index contributed by atoms with van der Waals surface area (Å²) in [6.45, 7) is 3.82. The van der Waals surface area contributed by atoms with Crippen LogP contribution in [-0.2, 0) is 14.3 Å². The van der Waals surface area contributed by atoms with E-state index in [0.29, 0.717) is 6.42 Å². The highest BCUT2D eigenvalue weighted by atomic mass is 16.7. The second-order valence-electron chi connectivity index (χ2n) is 24.3. The predicted molar refractivity (Wildman–Crippen MR) is 337 cm³/mol. The lowest BCUT2D eigenvalue weighted by atomic mass is 9.99. The molecule has 0 aromatic carbocycles. The number of hydrogen-bond acceptors (Lipinski definition) is 8.